The average molecular weight is 291 g/mol. The van der Waals surface area contributed by atoms with Crippen LogP contribution in [0.25, 0.3) is 0 Å². The van der Waals surface area contributed by atoms with Crippen molar-refractivity contribution >= 4 is 17.3 Å². The monoisotopic (exact) mass is 291 g/mol. The van der Waals surface area contributed by atoms with Gasteiger partial charge in [0.2, 0.25) is 5.91 Å². The van der Waals surface area contributed by atoms with Crippen LogP contribution in [-0.4, -0.2) is 17.4 Å². The summed E-state index contributed by atoms with van der Waals surface area (Å²) in [6.07, 6.45) is 3.50. The Balaban J connectivity index is 2.05. The summed E-state index contributed by atoms with van der Waals surface area (Å²) in [5, 5.41) is 13.8. The quantitative estimate of drug-likeness (QED) is 0.658. The first-order valence-electron chi connectivity index (χ1n) is 7.27. The van der Waals surface area contributed by atoms with E-state index in [-0.39, 0.29) is 23.2 Å². The second-order valence-corrected chi connectivity index (χ2v) is 5.72. The highest BCUT2D eigenvalue weighted by atomic mass is 16.6. The third-order valence-corrected chi connectivity index (χ3v) is 4.16. The van der Waals surface area contributed by atoms with Crippen molar-refractivity contribution in [2.45, 2.75) is 32.6 Å². The summed E-state index contributed by atoms with van der Waals surface area (Å²) in [5.74, 6) is 0.300. The number of nitro benzene ring substituents is 1. The van der Waals surface area contributed by atoms with Crippen molar-refractivity contribution in [2.24, 2.45) is 17.6 Å². The second-order valence-electron chi connectivity index (χ2n) is 5.72. The molecule has 114 valence electrons. The zero-order valence-electron chi connectivity index (χ0n) is 12.2. The number of nitro groups is 1. The Hall–Kier alpha value is -1.95. The number of hydrogen-bond donors (Lipinski definition) is 2. The first-order chi connectivity index (χ1) is 10.0. The van der Waals surface area contributed by atoms with Crippen LogP contribution in [0.4, 0.5) is 11.4 Å². The third kappa shape index (κ3) is 3.78. The predicted octanol–water partition coefficient (Wildman–Crippen LogP) is 2.61. The first-order valence-corrected chi connectivity index (χ1v) is 7.27. The highest BCUT2D eigenvalue weighted by Crippen LogP contribution is 2.31. The smallest absolute Gasteiger partial charge is 0.293 e. The van der Waals surface area contributed by atoms with Crippen LogP contribution in [0.3, 0.4) is 0 Å². The molecule has 0 spiro atoms. The fourth-order valence-corrected chi connectivity index (χ4v) is 2.79. The summed E-state index contributed by atoms with van der Waals surface area (Å²) >= 11 is 0. The van der Waals surface area contributed by atoms with Crippen molar-refractivity contribution in [3.63, 3.8) is 0 Å². The minimum Gasteiger partial charge on any atom is -0.330 e. The molecule has 1 aromatic rings. The second kappa shape index (κ2) is 6.67. The van der Waals surface area contributed by atoms with Gasteiger partial charge in [0, 0.05) is 12.0 Å². The van der Waals surface area contributed by atoms with E-state index in [1.165, 1.54) is 6.07 Å². The molecule has 1 amide bonds. The molecule has 1 aliphatic carbocycles. The number of carbonyl (C=O) groups is 1. The van der Waals surface area contributed by atoms with Crippen LogP contribution in [0.2, 0.25) is 0 Å². The van der Waals surface area contributed by atoms with Gasteiger partial charge in [-0.1, -0.05) is 6.07 Å². The van der Waals surface area contributed by atoms with E-state index in [1.807, 2.05) is 0 Å². The maximum atomic E-state index is 12.3. The lowest BCUT2D eigenvalue weighted by Crippen LogP contribution is -2.29. The molecule has 0 aliphatic heterocycles. The zero-order valence-corrected chi connectivity index (χ0v) is 12.2. The van der Waals surface area contributed by atoms with Crippen molar-refractivity contribution < 1.29 is 9.72 Å². The normalized spacial score (nSPS) is 21.8. The van der Waals surface area contributed by atoms with Gasteiger partial charge in [-0.05, 0) is 56.7 Å². The Morgan fingerprint density at radius 3 is 2.62 bits per heavy atom. The molecule has 1 aromatic carbocycles. The van der Waals surface area contributed by atoms with Gasteiger partial charge in [-0.3, -0.25) is 14.9 Å². The molecule has 0 radical (unpaired) electrons. The lowest BCUT2D eigenvalue weighted by atomic mass is 9.81. The van der Waals surface area contributed by atoms with Gasteiger partial charge in [0.05, 0.1) is 4.92 Å². The van der Waals surface area contributed by atoms with Gasteiger partial charge in [-0.25, -0.2) is 0 Å². The van der Waals surface area contributed by atoms with E-state index in [2.05, 4.69) is 5.32 Å². The van der Waals surface area contributed by atoms with Gasteiger partial charge < -0.3 is 11.1 Å². The lowest BCUT2D eigenvalue weighted by Gasteiger charge is -2.26. The Morgan fingerprint density at radius 2 is 2.05 bits per heavy atom. The van der Waals surface area contributed by atoms with Gasteiger partial charge in [0.25, 0.3) is 5.69 Å². The lowest BCUT2D eigenvalue weighted by molar-refractivity contribution is -0.384. The molecule has 0 heterocycles. The number of benzene rings is 1. The number of nitrogens with one attached hydrogen (secondary N) is 1. The van der Waals surface area contributed by atoms with Crippen LogP contribution in [0.5, 0.6) is 0 Å². The molecule has 1 fully saturated rings. The molecule has 0 aromatic heterocycles. The van der Waals surface area contributed by atoms with E-state index in [1.54, 1.807) is 19.1 Å². The molecular weight excluding hydrogens is 270 g/mol. The summed E-state index contributed by atoms with van der Waals surface area (Å²) < 4.78 is 0. The Bertz CT molecular complexity index is 537. The van der Waals surface area contributed by atoms with E-state index in [0.717, 1.165) is 31.2 Å². The highest BCUT2D eigenvalue weighted by molar-refractivity contribution is 5.94. The van der Waals surface area contributed by atoms with E-state index >= 15 is 0 Å². The van der Waals surface area contributed by atoms with Gasteiger partial charge in [-0.2, -0.15) is 0 Å². The summed E-state index contributed by atoms with van der Waals surface area (Å²) in [4.78, 5) is 22.8. The van der Waals surface area contributed by atoms with Crippen molar-refractivity contribution in [1.82, 2.24) is 0 Å². The van der Waals surface area contributed by atoms with Gasteiger partial charge in [-0.15, -0.1) is 0 Å². The summed E-state index contributed by atoms with van der Waals surface area (Å²) in [7, 11) is 0. The topological polar surface area (TPSA) is 98.3 Å². The number of nitrogens with two attached hydrogens (primary N) is 1. The van der Waals surface area contributed by atoms with Crippen LogP contribution >= 0.6 is 0 Å². The molecule has 0 atom stereocenters. The Kier molecular flexibility index (Phi) is 4.90. The minimum atomic E-state index is -0.464. The maximum Gasteiger partial charge on any atom is 0.293 e. The molecule has 0 unspecified atom stereocenters. The van der Waals surface area contributed by atoms with Crippen molar-refractivity contribution in [3.8, 4) is 0 Å². The Labute approximate surface area is 123 Å². The molecule has 6 heteroatoms. The largest absolute Gasteiger partial charge is 0.330 e. The van der Waals surface area contributed by atoms with Crippen LogP contribution in [0, 0.1) is 28.9 Å². The Morgan fingerprint density at radius 1 is 1.38 bits per heavy atom. The predicted molar refractivity (Wildman–Crippen MR) is 81.0 cm³/mol. The van der Waals surface area contributed by atoms with Crippen molar-refractivity contribution in [2.75, 3.05) is 11.9 Å². The molecule has 0 saturated heterocycles. The fraction of sp³-hybridized carbons (Fsp3) is 0.533. The SMILES string of the molecule is Cc1ccc(NC(=O)C2CCC(CN)CC2)c([N+](=O)[O-])c1. The fourth-order valence-electron chi connectivity index (χ4n) is 2.79. The number of amides is 1. The van der Waals surface area contributed by atoms with E-state index in [9.17, 15) is 14.9 Å². The molecule has 1 saturated carbocycles. The molecule has 1 aliphatic rings. The maximum absolute atomic E-state index is 12.3. The van der Waals surface area contributed by atoms with Crippen LogP contribution in [0.15, 0.2) is 18.2 Å². The van der Waals surface area contributed by atoms with E-state index < -0.39 is 4.92 Å². The number of rotatable bonds is 4. The summed E-state index contributed by atoms with van der Waals surface area (Å²) in [5.41, 5.74) is 6.65. The van der Waals surface area contributed by atoms with Crippen molar-refractivity contribution in [1.29, 1.82) is 0 Å². The van der Waals surface area contributed by atoms with Gasteiger partial charge in [0.1, 0.15) is 5.69 Å². The summed E-state index contributed by atoms with van der Waals surface area (Å²) in [6.45, 7) is 2.45. The van der Waals surface area contributed by atoms with Crippen LogP contribution in [0.1, 0.15) is 31.2 Å². The number of anilines is 1. The summed E-state index contributed by atoms with van der Waals surface area (Å²) in [6, 6.07) is 4.83. The van der Waals surface area contributed by atoms with Crippen LogP contribution < -0.4 is 11.1 Å². The van der Waals surface area contributed by atoms with E-state index in [4.69, 9.17) is 5.73 Å². The number of carbonyl (C=O) groups excluding carboxylic acids is 1. The van der Waals surface area contributed by atoms with Gasteiger partial charge >= 0.3 is 0 Å². The minimum absolute atomic E-state index is 0.0565. The highest BCUT2D eigenvalue weighted by Gasteiger charge is 2.27. The van der Waals surface area contributed by atoms with Gasteiger partial charge in [0.15, 0.2) is 0 Å². The number of nitrogens with zero attached hydrogens (tertiary/aromatic N) is 1. The average Bonchev–Trinajstić information content (AvgIpc) is 2.49. The molecular formula is C15H21N3O3. The molecule has 3 N–H and O–H groups in total. The first kappa shape index (κ1) is 15.4. The third-order valence-electron chi connectivity index (χ3n) is 4.16. The standard InChI is InChI=1S/C15H21N3O3/c1-10-2-7-13(14(8-10)18(20)21)17-15(19)12-5-3-11(9-16)4-6-12/h2,7-8,11-12H,3-6,9,16H2,1H3,(H,17,19). The molecule has 0 bridgehead atoms. The van der Waals surface area contributed by atoms with Crippen LogP contribution in [-0.2, 0) is 4.79 Å². The molecule has 6 nitrogen and oxygen atoms in total. The molecule has 2 rings (SSSR count). The van der Waals surface area contributed by atoms with E-state index in [0.29, 0.717) is 12.5 Å². The number of hydrogen-bond acceptors (Lipinski definition) is 4. The zero-order chi connectivity index (χ0) is 15.4. The molecule has 21 heavy (non-hydrogen) atoms. The van der Waals surface area contributed by atoms with Crippen molar-refractivity contribution in [3.05, 3.63) is 33.9 Å². The number of aryl methyl sites for hydroxylation is 1.